The fourth-order valence-electron chi connectivity index (χ4n) is 2.83. The monoisotopic (exact) mass is 262 g/mol. The van der Waals surface area contributed by atoms with Gasteiger partial charge < -0.3 is 9.47 Å². The maximum absolute atomic E-state index is 5.71. The Labute approximate surface area is 117 Å². The second kappa shape index (κ2) is 5.96. The Bertz CT molecular complexity index is 439. The first-order valence-electron chi connectivity index (χ1n) is 7.45. The third-order valence-electron chi connectivity index (χ3n) is 4.28. The molecule has 2 nitrogen and oxygen atoms in total. The molecule has 1 aliphatic rings. The second-order valence-corrected chi connectivity index (χ2v) is 5.63. The van der Waals surface area contributed by atoms with E-state index >= 15 is 0 Å². The topological polar surface area (TPSA) is 21.8 Å². The Morgan fingerprint density at radius 1 is 1.21 bits per heavy atom. The number of hydrogen-bond acceptors (Lipinski definition) is 2. The quantitative estimate of drug-likeness (QED) is 0.721. The predicted octanol–water partition coefficient (Wildman–Crippen LogP) is 4.06. The zero-order valence-corrected chi connectivity index (χ0v) is 12.8. The molecule has 0 saturated carbocycles. The molecular weight excluding hydrogens is 236 g/mol. The maximum Gasteiger partial charge on any atom is 0.122 e. The number of epoxide rings is 1. The summed E-state index contributed by atoms with van der Waals surface area (Å²) < 4.78 is 11.4. The summed E-state index contributed by atoms with van der Waals surface area (Å²) in [6.07, 6.45) is 3.20. The van der Waals surface area contributed by atoms with Crippen molar-refractivity contribution in [1.82, 2.24) is 0 Å². The minimum Gasteiger partial charge on any atom is -0.494 e. The molecule has 0 aromatic heterocycles. The van der Waals surface area contributed by atoms with Crippen molar-refractivity contribution in [2.45, 2.75) is 59.7 Å². The molecule has 2 heteroatoms. The van der Waals surface area contributed by atoms with E-state index in [1.165, 1.54) is 16.7 Å². The third-order valence-corrected chi connectivity index (χ3v) is 4.28. The van der Waals surface area contributed by atoms with Crippen LogP contribution in [-0.4, -0.2) is 18.8 Å². The molecule has 0 N–H and O–H groups in total. The molecule has 1 fully saturated rings. The van der Waals surface area contributed by atoms with Crippen molar-refractivity contribution >= 4 is 0 Å². The summed E-state index contributed by atoms with van der Waals surface area (Å²) in [6, 6.07) is 4.33. The normalized spacial score (nSPS) is 23.2. The van der Waals surface area contributed by atoms with E-state index in [9.17, 15) is 0 Å². The number of hydrogen-bond donors (Lipinski definition) is 0. The van der Waals surface area contributed by atoms with Crippen LogP contribution < -0.4 is 4.74 Å². The molecule has 0 radical (unpaired) electrons. The standard InChI is InChI=1S/C17H26O2/c1-6-15-17(19-15)11(3)10-14-8-9-16(18-7-2)13(5)12(14)4/h8-9,11,15,17H,6-7,10H2,1-5H3. The molecule has 0 aliphatic carbocycles. The van der Waals surface area contributed by atoms with Crippen LogP contribution in [-0.2, 0) is 11.2 Å². The molecule has 19 heavy (non-hydrogen) atoms. The van der Waals surface area contributed by atoms with Gasteiger partial charge in [-0.05, 0) is 62.3 Å². The number of ether oxygens (including phenoxy) is 2. The third kappa shape index (κ3) is 3.11. The summed E-state index contributed by atoms with van der Waals surface area (Å²) in [4.78, 5) is 0. The van der Waals surface area contributed by atoms with Crippen LogP contribution in [0.1, 0.15) is 43.9 Å². The van der Waals surface area contributed by atoms with Gasteiger partial charge in [-0.2, -0.15) is 0 Å². The van der Waals surface area contributed by atoms with Crippen LogP contribution >= 0.6 is 0 Å². The van der Waals surface area contributed by atoms with Crippen LogP contribution in [0.4, 0.5) is 0 Å². The summed E-state index contributed by atoms with van der Waals surface area (Å²) in [6.45, 7) is 11.6. The van der Waals surface area contributed by atoms with Crippen molar-refractivity contribution in [2.24, 2.45) is 5.92 Å². The molecule has 3 unspecified atom stereocenters. The summed E-state index contributed by atoms with van der Waals surface area (Å²) in [5, 5.41) is 0. The largest absolute Gasteiger partial charge is 0.494 e. The molecule has 1 aromatic carbocycles. The Balaban J connectivity index is 2.07. The highest BCUT2D eigenvalue weighted by atomic mass is 16.6. The molecule has 1 aromatic rings. The zero-order valence-electron chi connectivity index (χ0n) is 12.8. The van der Waals surface area contributed by atoms with E-state index in [0.717, 1.165) is 25.2 Å². The minimum absolute atomic E-state index is 0.469. The van der Waals surface area contributed by atoms with Gasteiger partial charge in [0.1, 0.15) is 5.75 Å². The molecule has 1 heterocycles. The Hall–Kier alpha value is -1.02. The number of benzene rings is 1. The van der Waals surface area contributed by atoms with Gasteiger partial charge in [-0.15, -0.1) is 0 Å². The minimum atomic E-state index is 0.469. The molecule has 0 amide bonds. The molecular formula is C17H26O2. The van der Waals surface area contributed by atoms with Crippen molar-refractivity contribution in [2.75, 3.05) is 6.61 Å². The molecule has 106 valence electrons. The van der Waals surface area contributed by atoms with Crippen molar-refractivity contribution < 1.29 is 9.47 Å². The van der Waals surface area contributed by atoms with Gasteiger partial charge in [0.15, 0.2) is 0 Å². The van der Waals surface area contributed by atoms with Crippen LogP contribution in [0.25, 0.3) is 0 Å². The van der Waals surface area contributed by atoms with E-state index in [1.54, 1.807) is 0 Å². The SMILES string of the molecule is CCOc1ccc(CC(C)C2OC2CC)c(C)c1C. The summed E-state index contributed by atoms with van der Waals surface area (Å²) in [7, 11) is 0. The summed E-state index contributed by atoms with van der Waals surface area (Å²) >= 11 is 0. The van der Waals surface area contributed by atoms with Crippen LogP contribution in [0.5, 0.6) is 5.75 Å². The summed E-state index contributed by atoms with van der Waals surface area (Å²) in [5.41, 5.74) is 4.07. The Kier molecular flexibility index (Phi) is 4.51. The van der Waals surface area contributed by atoms with Gasteiger partial charge in [0.05, 0.1) is 18.8 Å². The maximum atomic E-state index is 5.71. The molecule has 3 atom stereocenters. The first-order valence-corrected chi connectivity index (χ1v) is 7.45. The first-order chi connectivity index (χ1) is 9.08. The average Bonchev–Trinajstić information content (AvgIpc) is 3.18. The van der Waals surface area contributed by atoms with Gasteiger partial charge in [0.2, 0.25) is 0 Å². The molecule has 0 spiro atoms. The highest BCUT2D eigenvalue weighted by Gasteiger charge is 2.41. The van der Waals surface area contributed by atoms with Crippen molar-refractivity contribution in [1.29, 1.82) is 0 Å². The smallest absolute Gasteiger partial charge is 0.122 e. The molecule has 2 rings (SSSR count). The van der Waals surface area contributed by atoms with Gasteiger partial charge in [-0.1, -0.05) is 19.9 Å². The van der Waals surface area contributed by atoms with E-state index < -0.39 is 0 Å². The highest BCUT2D eigenvalue weighted by Crippen LogP contribution is 2.35. The van der Waals surface area contributed by atoms with Crippen LogP contribution in [0, 0.1) is 19.8 Å². The highest BCUT2D eigenvalue weighted by molar-refractivity contribution is 5.43. The summed E-state index contributed by atoms with van der Waals surface area (Å²) in [5.74, 6) is 1.62. The molecule has 1 aliphatic heterocycles. The van der Waals surface area contributed by atoms with E-state index in [4.69, 9.17) is 9.47 Å². The van der Waals surface area contributed by atoms with Crippen molar-refractivity contribution in [3.05, 3.63) is 28.8 Å². The van der Waals surface area contributed by atoms with Gasteiger partial charge in [0, 0.05) is 0 Å². The first kappa shape index (κ1) is 14.4. The molecule has 1 saturated heterocycles. The van der Waals surface area contributed by atoms with E-state index in [2.05, 4.69) is 39.8 Å². The van der Waals surface area contributed by atoms with Gasteiger partial charge in [-0.25, -0.2) is 0 Å². The van der Waals surface area contributed by atoms with Crippen LogP contribution in [0.2, 0.25) is 0 Å². The van der Waals surface area contributed by atoms with E-state index in [0.29, 0.717) is 18.1 Å². The van der Waals surface area contributed by atoms with Crippen molar-refractivity contribution in [3.8, 4) is 5.75 Å². The lowest BCUT2D eigenvalue weighted by Gasteiger charge is -2.16. The van der Waals surface area contributed by atoms with E-state index in [-0.39, 0.29) is 0 Å². The number of rotatable bonds is 6. The van der Waals surface area contributed by atoms with Crippen molar-refractivity contribution in [3.63, 3.8) is 0 Å². The lowest BCUT2D eigenvalue weighted by Crippen LogP contribution is -2.11. The lowest BCUT2D eigenvalue weighted by molar-refractivity contribution is 0.322. The van der Waals surface area contributed by atoms with Gasteiger partial charge in [-0.3, -0.25) is 0 Å². The zero-order chi connectivity index (χ0) is 14.0. The second-order valence-electron chi connectivity index (χ2n) is 5.63. The van der Waals surface area contributed by atoms with Crippen LogP contribution in [0.15, 0.2) is 12.1 Å². The van der Waals surface area contributed by atoms with Crippen LogP contribution in [0.3, 0.4) is 0 Å². The predicted molar refractivity (Wildman–Crippen MR) is 78.9 cm³/mol. The van der Waals surface area contributed by atoms with E-state index in [1.807, 2.05) is 6.92 Å². The van der Waals surface area contributed by atoms with Gasteiger partial charge in [0.25, 0.3) is 0 Å². The lowest BCUT2D eigenvalue weighted by atomic mass is 9.91. The average molecular weight is 262 g/mol. The fraction of sp³-hybridized carbons (Fsp3) is 0.647. The molecule has 0 bridgehead atoms. The fourth-order valence-corrected chi connectivity index (χ4v) is 2.83. The Morgan fingerprint density at radius 2 is 1.95 bits per heavy atom. The van der Waals surface area contributed by atoms with Gasteiger partial charge >= 0.3 is 0 Å². The Morgan fingerprint density at radius 3 is 2.53 bits per heavy atom.